The number of hydrogen-bond donors (Lipinski definition) is 1. The fourth-order valence-corrected chi connectivity index (χ4v) is 6.16. The molecule has 1 heterocycles. The number of rotatable bonds is 6. The van der Waals surface area contributed by atoms with Gasteiger partial charge >= 0.3 is 121 Å². The van der Waals surface area contributed by atoms with Crippen molar-refractivity contribution in [3.63, 3.8) is 0 Å². The van der Waals surface area contributed by atoms with Crippen molar-refractivity contribution in [3.05, 3.63) is 0 Å². The molecule has 0 aromatic carbocycles. The van der Waals surface area contributed by atoms with Crippen molar-refractivity contribution in [2.75, 3.05) is 40.3 Å². The van der Waals surface area contributed by atoms with Crippen LogP contribution in [0, 0.1) is 0 Å². The normalized spacial score (nSPS) is 23.4. The predicted octanol–water partition coefficient (Wildman–Crippen LogP) is 6.27. The SMILES string of the molecule is CCN(CC)C1N(C)CC[NH+]1C.FC(F)(F)C(F)(F)[P-](F)(F)(F)(C(F)(F)C(F)(F)F)C(F)(F)C(F)(F)F. The molecule has 1 rings (SSSR count). The Kier molecular flexibility index (Phi) is 9.08. The summed E-state index contributed by atoms with van der Waals surface area (Å²) in [6.07, 6.45) is -25.5. The molecule has 228 valence electrons. The van der Waals surface area contributed by atoms with E-state index in [9.17, 15) is 78.4 Å². The minimum absolute atomic E-state index is 0.611. The maximum atomic E-state index is 13.4. The van der Waals surface area contributed by atoms with Crippen LogP contribution in [0.1, 0.15) is 13.8 Å². The third kappa shape index (κ3) is 4.52. The van der Waals surface area contributed by atoms with Crippen LogP contribution in [0.2, 0.25) is 0 Å². The zero-order valence-electron chi connectivity index (χ0n) is 19.1. The summed E-state index contributed by atoms with van der Waals surface area (Å²) >= 11 is 0. The first kappa shape index (κ1) is 36.0. The number of nitrogens with zero attached hydrogens (tertiary/aromatic N) is 2. The Morgan fingerprint density at radius 2 is 0.946 bits per heavy atom. The number of hydrogen-bond acceptors (Lipinski definition) is 2. The summed E-state index contributed by atoms with van der Waals surface area (Å²) in [7, 11) is 4.51. The van der Waals surface area contributed by atoms with Crippen LogP contribution in [0.25, 0.3) is 0 Å². The van der Waals surface area contributed by atoms with Crippen LogP contribution in [-0.4, -0.2) is 91.9 Å². The number of alkyl halides is 15. The Morgan fingerprint density at radius 3 is 1.11 bits per heavy atom. The fraction of sp³-hybridized carbons (Fsp3) is 1.00. The van der Waals surface area contributed by atoms with Crippen molar-refractivity contribution >= 4 is 6.88 Å². The van der Waals surface area contributed by atoms with Gasteiger partial charge in [-0.2, -0.15) is 0 Å². The first-order valence-corrected chi connectivity index (χ1v) is 12.1. The Labute approximate surface area is 197 Å². The van der Waals surface area contributed by atoms with Gasteiger partial charge in [-0.3, -0.25) is 0 Å². The van der Waals surface area contributed by atoms with Crippen LogP contribution < -0.4 is 4.90 Å². The molecule has 0 radical (unpaired) electrons. The summed E-state index contributed by atoms with van der Waals surface area (Å²) < 4.78 is 222. The van der Waals surface area contributed by atoms with E-state index in [1.54, 1.807) is 4.90 Å². The van der Waals surface area contributed by atoms with Gasteiger partial charge in [-0.1, -0.05) is 13.8 Å². The number of halogens is 18. The molecule has 1 fully saturated rings. The molecule has 1 aliphatic heterocycles. The van der Waals surface area contributed by atoms with Crippen LogP contribution in [0.4, 0.5) is 78.4 Å². The number of quaternary nitrogens is 1. The second kappa shape index (κ2) is 9.31. The predicted molar refractivity (Wildman–Crippen MR) is 94.3 cm³/mol. The van der Waals surface area contributed by atoms with Crippen molar-refractivity contribution in [2.45, 2.75) is 55.7 Å². The van der Waals surface area contributed by atoms with Crippen molar-refractivity contribution in [3.8, 4) is 0 Å². The zero-order chi connectivity index (χ0) is 30.5. The summed E-state index contributed by atoms with van der Waals surface area (Å²) in [6, 6.07) is 0. The molecule has 0 spiro atoms. The van der Waals surface area contributed by atoms with Crippen molar-refractivity contribution in [2.24, 2.45) is 0 Å². The molecule has 0 aliphatic carbocycles. The Hall–Kier alpha value is -0.950. The number of likely N-dealkylation sites (N-methyl/N-ethyl adjacent to an activating group) is 2. The molecule has 37 heavy (non-hydrogen) atoms. The van der Waals surface area contributed by atoms with Gasteiger partial charge in [0.05, 0.1) is 20.1 Å². The van der Waals surface area contributed by atoms with Crippen LogP contribution >= 0.6 is 6.88 Å². The van der Waals surface area contributed by atoms with E-state index >= 15 is 0 Å². The van der Waals surface area contributed by atoms with E-state index in [0.717, 1.165) is 13.1 Å². The summed E-state index contributed by atoms with van der Waals surface area (Å²) in [5, 5.41) is 0. The molecule has 1 saturated heterocycles. The van der Waals surface area contributed by atoms with Crippen molar-refractivity contribution < 1.29 is 83.3 Å². The average Bonchev–Trinajstić information content (AvgIpc) is 2.99. The molecule has 1 aliphatic rings. The van der Waals surface area contributed by atoms with Gasteiger partial charge in [-0.05, 0) is 7.05 Å². The Morgan fingerprint density at radius 1 is 0.676 bits per heavy atom. The first-order chi connectivity index (χ1) is 15.8. The van der Waals surface area contributed by atoms with Crippen molar-refractivity contribution in [1.29, 1.82) is 0 Å². The molecule has 0 bridgehead atoms. The molecular weight excluding hydrogens is 595 g/mol. The molecule has 0 aromatic heterocycles. The van der Waals surface area contributed by atoms with E-state index in [4.69, 9.17) is 0 Å². The summed E-state index contributed by atoms with van der Waals surface area (Å²) in [4.78, 5) is 6.59. The van der Waals surface area contributed by atoms with E-state index in [2.05, 4.69) is 37.7 Å². The third-order valence-electron chi connectivity index (χ3n) is 5.70. The van der Waals surface area contributed by atoms with Gasteiger partial charge in [0, 0.05) is 13.1 Å². The topological polar surface area (TPSA) is 10.9 Å². The van der Waals surface area contributed by atoms with Gasteiger partial charge in [0.25, 0.3) is 0 Å². The first-order valence-electron chi connectivity index (χ1n) is 9.73. The quantitative estimate of drug-likeness (QED) is 0.279. The van der Waals surface area contributed by atoms with E-state index < -0.39 is 42.4 Å². The van der Waals surface area contributed by atoms with E-state index in [-0.39, 0.29) is 0 Å². The molecule has 0 amide bonds. The minimum atomic E-state index is -15.0. The van der Waals surface area contributed by atoms with Gasteiger partial charge in [0.1, 0.15) is 0 Å². The Balaban J connectivity index is 0.000000893. The molecule has 2 atom stereocenters. The van der Waals surface area contributed by atoms with E-state index in [1.807, 2.05) is 0 Å². The standard InChI is InChI=1S/C9H21N3.C6F18P/c1-5-12(6-2)9-10(3)7-8-11(9)4;7-1(8,9)4(16,17)25(22,23,24,5(18,19)2(10,11)12)6(20,21)3(13,14)15/h9H,5-8H2,1-4H3;/q;-1/p+1. The Bertz CT molecular complexity index is 718. The van der Waals surface area contributed by atoms with Gasteiger partial charge in [-0.15, -0.1) is 0 Å². The molecule has 1 N–H and O–H groups in total. The van der Waals surface area contributed by atoms with E-state index in [0.29, 0.717) is 6.29 Å². The van der Waals surface area contributed by atoms with Crippen LogP contribution in [0.15, 0.2) is 0 Å². The molecular formula is C15H22F18N3P. The van der Waals surface area contributed by atoms with E-state index in [1.165, 1.54) is 13.1 Å². The monoisotopic (exact) mass is 617 g/mol. The summed E-state index contributed by atoms with van der Waals surface area (Å²) in [5.74, 6) is 0. The van der Waals surface area contributed by atoms with Gasteiger partial charge in [0.15, 0.2) is 0 Å². The fourth-order valence-electron chi connectivity index (χ4n) is 3.48. The molecule has 0 aromatic rings. The second-order valence-corrected chi connectivity index (χ2v) is 12.3. The summed E-state index contributed by atoms with van der Waals surface area (Å²) in [6.45, 7) is -5.71. The average molecular weight is 617 g/mol. The second-order valence-electron chi connectivity index (χ2n) is 8.08. The van der Waals surface area contributed by atoms with Crippen LogP contribution in [0.5, 0.6) is 0 Å². The van der Waals surface area contributed by atoms with Gasteiger partial charge in [0.2, 0.25) is 6.29 Å². The van der Waals surface area contributed by atoms with Gasteiger partial charge < -0.3 is 4.90 Å². The van der Waals surface area contributed by atoms with Gasteiger partial charge in [-0.25, -0.2) is 9.80 Å². The maximum absolute atomic E-state index is 15.0. The molecule has 0 saturated carbocycles. The van der Waals surface area contributed by atoms with Crippen molar-refractivity contribution in [1.82, 2.24) is 9.80 Å². The third-order valence-corrected chi connectivity index (χ3v) is 10.1. The molecule has 22 heteroatoms. The molecule has 3 nitrogen and oxygen atoms in total. The summed E-state index contributed by atoms with van der Waals surface area (Å²) in [5.41, 5.74) is -29.3. The molecule has 2 unspecified atom stereocenters. The zero-order valence-corrected chi connectivity index (χ0v) is 19.9. The number of nitrogens with one attached hydrogen (secondary N) is 1. The van der Waals surface area contributed by atoms with Crippen LogP contribution in [0.3, 0.4) is 0 Å². The van der Waals surface area contributed by atoms with Crippen LogP contribution in [-0.2, 0) is 0 Å².